The van der Waals surface area contributed by atoms with Crippen molar-refractivity contribution in [3.05, 3.63) is 29.3 Å². The molecule has 0 radical (unpaired) electrons. The lowest BCUT2D eigenvalue weighted by atomic mass is 9.99. The molecule has 5 heteroatoms. The maximum atomic E-state index is 12.2. The van der Waals surface area contributed by atoms with E-state index in [1.165, 1.54) is 0 Å². The summed E-state index contributed by atoms with van der Waals surface area (Å²) in [5.74, 6) is -0.154. The maximum Gasteiger partial charge on any atom is 0.251 e. The maximum absolute atomic E-state index is 12.2. The van der Waals surface area contributed by atoms with E-state index in [-0.39, 0.29) is 11.8 Å². The van der Waals surface area contributed by atoms with E-state index in [1.807, 2.05) is 6.07 Å². The molecule has 1 aromatic carbocycles. The van der Waals surface area contributed by atoms with Crippen LogP contribution in [0.2, 0.25) is 0 Å². The number of benzene rings is 1. The van der Waals surface area contributed by atoms with Gasteiger partial charge in [-0.15, -0.1) is 0 Å². The van der Waals surface area contributed by atoms with Crippen molar-refractivity contribution in [2.75, 3.05) is 11.9 Å². The van der Waals surface area contributed by atoms with Crippen LogP contribution >= 0.6 is 0 Å². The van der Waals surface area contributed by atoms with Crippen molar-refractivity contribution in [1.29, 1.82) is 0 Å². The molecular weight excluding hydrogens is 268 g/mol. The van der Waals surface area contributed by atoms with Gasteiger partial charge in [-0.25, -0.2) is 0 Å². The van der Waals surface area contributed by atoms with Gasteiger partial charge in [-0.05, 0) is 43.0 Å². The van der Waals surface area contributed by atoms with Crippen LogP contribution in [0.3, 0.4) is 0 Å². The summed E-state index contributed by atoms with van der Waals surface area (Å²) in [6, 6.07) is 5.30. The molecule has 0 atom stereocenters. The number of hydrogen-bond donors (Lipinski definition) is 3. The number of rotatable bonds is 3. The molecule has 3 N–H and O–H groups in total. The fraction of sp³-hybridized carbons (Fsp3) is 0.500. The summed E-state index contributed by atoms with van der Waals surface area (Å²) in [6.07, 6.45) is 4.66. The highest BCUT2D eigenvalue weighted by Gasteiger charge is 2.31. The molecule has 1 fully saturated rings. The van der Waals surface area contributed by atoms with Crippen molar-refractivity contribution in [3.8, 4) is 0 Å². The van der Waals surface area contributed by atoms with E-state index in [2.05, 4.69) is 10.6 Å². The minimum atomic E-state index is -0.738. The van der Waals surface area contributed by atoms with Crippen molar-refractivity contribution in [2.45, 2.75) is 44.1 Å². The SMILES string of the molecule is O=C1CCc2cc(C(=O)NCC3(O)CCCC3)ccc2N1. The van der Waals surface area contributed by atoms with Gasteiger partial charge in [0.25, 0.3) is 5.91 Å². The quantitative estimate of drug-likeness (QED) is 0.790. The number of carbonyl (C=O) groups is 2. The van der Waals surface area contributed by atoms with Crippen LogP contribution in [0.15, 0.2) is 18.2 Å². The van der Waals surface area contributed by atoms with Crippen molar-refractivity contribution in [2.24, 2.45) is 0 Å². The van der Waals surface area contributed by atoms with Crippen LogP contribution in [0.4, 0.5) is 5.69 Å². The molecule has 3 rings (SSSR count). The highest BCUT2D eigenvalue weighted by atomic mass is 16.3. The fourth-order valence-electron chi connectivity index (χ4n) is 3.08. The van der Waals surface area contributed by atoms with Crippen LogP contribution < -0.4 is 10.6 Å². The lowest BCUT2D eigenvalue weighted by Gasteiger charge is -2.22. The average molecular weight is 288 g/mol. The van der Waals surface area contributed by atoms with E-state index in [0.717, 1.165) is 36.9 Å². The Balaban J connectivity index is 1.66. The molecule has 5 nitrogen and oxygen atoms in total. The summed E-state index contributed by atoms with van der Waals surface area (Å²) in [4.78, 5) is 23.5. The predicted octanol–water partition coefficient (Wildman–Crippen LogP) is 1.61. The first-order valence-corrected chi connectivity index (χ1v) is 7.49. The number of carbonyl (C=O) groups excluding carboxylic acids is 2. The number of aliphatic hydroxyl groups is 1. The van der Waals surface area contributed by atoms with Gasteiger partial charge in [0.05, 0.1) is 5.60 Å². The topological polar surface area (TPSA) is 78.4 Å². The van der Waals surface area contributed by atoms with E-state index < -0.39 is 5.60 Å². The molecule has 21 heavy (non-hydrogen) atoms. The minimum absolute atomic E-state index is 0.0168. The van der Waals surface area contributed by atoms with Crippen LogP contribution in [0.5, 0.6) is 0 Å². The number of amides is 2. The van der Waals surface area contributed by atoms with Gasteiger partial charge in [0.1, 0.15) is 0 Å². The summed E-state index contributed by atoms with van der Waals surface area (Å²) in [5, 5.41) is 15.9. The minimum Gasteiger partial charge on any atom is -0.388 e. The van der Waals surface area contributed by atoms with E-state index in [9.17, 15) is 14.7 Å². The number of aryl methyl sites for hydroxylation is 1. The molecule has 1 heterocycles. The van der Waals surface area contributed by atoms with Gasteiger partial charge in [-0.1, -0.05) is 12.8 Å². The van der Waals surface area contributed by atoms with Crippen LogP contribution in [0, 0.1) is 0 Å². The van der Waals surface area contributed by atoms with Crippen LogP contribution in [-0.2, 0) is 11.2 Å². The Labute approximate surface area is 123 Å². The van der Waals surface area contributed by atoms with Gasteiger partial charge >= 0.3 is 0 Å². The summed E-state index contributed by atoms with van der Waals surface area (Å²) in [7, 11) is 0. The molecule has 0 unspecified atom stereocenters. The zero-order chi connectivity index (χ0) is 14.9. The molecular formula is C16H20N2O3. The van der Waals surface area contributed by atoms with Gasteiger partial charge in [-0.2, -0.15) is 0 Å². The van der Waals surface area contributed by atoms with Crippen LogP contribution in [-0.4, -0.2) is 29.1 Å². The van der Waals surface area contributed by atoms with E-state index in [4.69, 9.17) is 0 Å². The van der Waals surface area contributed by atoms with Gasteiger partial charge < -0.3 is 15.7 Å². The third kappa shape index (κ3) is 3.08. The molecule has 2 aliphatic rings. The normalized spacial score (nSPS) is 19.8. The summed E-state index contributed by atoms with van der Waals surface area (Å²) >= 11 is 0. The molecule has 1 aromatic rings. The van der Waals surface area contributed by atoms with Crippen molar-refractivity contribution >= 4 is 17.5 Å². The van der Waals surface area contributed by atoms with E-state index in [0.29, 0.717) is 24.9 Å². The number of hydrogen-bond acceptors (Lipinski definition) is 3. The van der Waals surface area contributed by atoms with Crippen LogP contribution in [0.25, 0.3) is 0 Å². The van der Waals surface area contributed by atoms with Gasteiger partial charge in [0, 0.05) is 24.2 Å². The Hall–Kier alpha value is -1.88. The molecule has 2 amide bonds. The summed E-state index contributed by atoms with van der Waals surface area (Å²) in [6.45, 7) is 0.305. The predicted molar refractivity (Wildman–Crippen MR) is 79.1 cm³/mol. The first kappa shape index (κ1) is 14.1. The Kier molecular flexibility index (Phi) is 3.68. The lowest BCUT2D eigenvalue weighted by molar-refractivity contribution is -0.116. The third-order valence-corrected chi connectivity index (χ3v) is 4.38. The highest BCUT2D eigenvalue weighted by Crippen LogP contribution is 2.29. The number of nitrogens with one attached hydrogen (secondary N) is 2. The van der Waals surface area contributed by atoms with Gasteiger partial charge in [0.2, 0.25) is 5.91 Å². The molecule has 0 spiro atoms. The highest BCUT2D eigenvalue weighted by molar-refractivity contribution is 5.97. The summed E-state index contributed by atoms with van der Waals surface area (Å²) < 4.78 is 0. The molecule has 1 aliphatic carbocycles. The Morgan fingerprint density at radius 1 is 1.29 bits per heavy atom. The standard InChI is InChI=1S/C16H20N2O3/c19-14-6-4-11-9-12(3-5-13(11)18-14)15(20)17-10-16(21)7-1-2-8-16/h3,5,9,21H,1-2,4,6-8,10H2,(H,17,20)(H,18,19). The third-order valence-electron chi connectivity index (χ3n) is 4.38. The Morgan fingerprint density at radius 3 is 2.81 bits per heavy atom. The molecule has 112 valence electrons. The second-order valence-corrected chi connectivity index (χ2v) is 6.03. The fourth-order valence-corrected chi connectivity index (χ4v) is 3.08. The van der Waals surface area contributed by atoms with Gasteiger partial charge in [-0.3, -0.25) is 9.59 Å². The molecule has 1 aliphatic heterocycles. The van der Waals surface area contributed by atoms with Crippen LogP contribution in [0.1, 0.15) is 48.0 Å². The molecule has 1 saturated carbocycles. The van der Waals surface area contributed by atoms with Crippen molar-refractivity contribution in [1.82, 2.24) is 5.32 Å². The second kappa shape index (κ2) is 5.48. The zero-order valence-electron chi connectivity index (χ0n) is 11.9. The smallest absolute Gasteiger partial charge is 0.251 e. The van der Waals surface area contributed by atoms with E-state index in [1.54, 1.807) is 12.1 Å². The van der Waals surface area contributed by atoms with Gasteiger partial charge in [0.15, 0.2) is 0 Å². The lowest BCUT2D eigenvalue weighted by Crippen LogP contribution is -2.40. The van der Waals surface area contributed by atoms with Crippen molar-refractivity contribution in [3.63, 3.8) is 0 Å². The number of anilines is 1. The summed E-state index contributed by atoms with van der Waals surface area (Å²) in [5.41, 5.74) is 1.61. The monoisotopic (exact) mass is 288 g/mol. The second-order valence-electron chi connectivity index (χ2n) is 6.03. The molecule has 0 bridgehead atoms. The molecule has 0 saturated heterocycles. The number of fused-ring (bicyclic) bond motifs is 1. The van der Waals surface area contributed by atoms with Crippen molar-refractivity contribution < 1.29 is 14.7 Å². The first-order valence-electron chi connectivity index (χ1n) is 7.49. The Morgan fingerprint density at radius 2 is 2.05 bits per heavy atom. The Bertz CT molecular complexity index is 577. The first-order chi connectivity index (χ1) is 10.1. The molecule has 0 aromatic heterocycles. The largest absolute Gasteiger partial charge is 0.388 e. The zero-order valence-corrected chi connectivity index (χ0v) is 11.9. The average Bonchev–Trinajstić information content (AvgIpc) is 2.91. The van der Waals surface area contributed by atoms with E-state index >= 15 is 0 Å².